The lowest BCUT2D eigenvalue weighted by molar-refractivity contribution is -0.117. The maximum atomic E-state index is 10.5. The number of primary amides is 1. The van der Waals surface area contributed by atoms with Crippen molar-refractivity contribution >= 4 is 35.0 Å². The summed E-state index contributed by atoms with van der Waals surface area (Å²) in [4.78, 5) is 10.5. The van der Waals surface area contributed by atoms with Gasteiger partial charge in [0.25, 0.3) is 0 Å². The molecule has 0 bridgehead atoms. The van der Waals surface area contributed by atoms with E-state index in [2.05, 4.69) is 5.32 Å². The Morgan fingerprint density at radius 3 is 2.81 bits per heavy atom. The van der Waals surface area contributed by atoms with Crippen LogP contribution in [-0.4, -0.2) is 11.0 Å². The van der Waals surface area contributed by atoms with Crippen molar-refractivity contribution in [2.75, 3.05) is 5.32 Å². The number of thiocarbonyl (C=S) groups is 1. The maximum absolute atomic E-state index is 10.5. The molecule has 0 atom stereocenters. The lowest BCUT2D eigenvalue weighted by Crippen LogP contribution is -2.18. The van der Waals surface area contributed by atoms with Crippen LogP contribution in [0.4, 0.5) is 5.69 Å². The number of nitrogens with two attached hydrogens (primary N) is 2. The van der Waals surface area contributed by atoms with E-state index in [1.807, 2.05) is 30.3 Å². The van der Waals surface area contributed by atoms with E-state index in [-0.39, 0.29) is 17.4 Å². The van der Waals surface area contributed by atoms with Gasteiger partial charge in [0.2, 0.25) is 5.91 Å². The summed E-state index contributed by atoms with van der Waals surface area (Å²) in [6, 6.07) is 7.49. The van der Waals surface area contributed by atoms with Crippen molar-refractivity contribution in [2.24, 2.45) is 11.5 Å². The SMILES string of the molecule is NC(=O)CC=Cc1cccc(NC(N)=S)c1. The number of benzene rings is 1. The fraction of sp³-hybridized carbons (Fsp3) is 0.0909. The summed E-state index contributed by atoms with van der Waals surface area (Å²) in [6.45, 7) is 0. The molecular formula is C11H13N3OS. The molecule has 5 heteroatoms. The highest BCUT2D eigenvalue weighted by Crippen LogP contribution is 2.11. The topological polar surface area (TPSA) is 81.1 Å². The van der Waals surface area contributed by atoms with Crippen LogP contribution in [0.25, 0.3) is 6.08 Å². The Morgan fingerprint density at radius 1 is 1.44 bits per heavy atom. The van der Waals surface area contributed by atoms with Crippen LogP contribution < -0.4 is 16.8 Å². The highest BCUT2D eigenvalue weighted by molar-refractivity contribution is 7.80. The molecule has 16 heavy (non-hydrogen) atoms. The van der Waals surface area contributed by atoms with E-state index < -0.39 is 0 Å². The van der Waals surface area contributed by atoms with E-state index in [1.165, 1.54) is 0 Å². The van der Waals surface area contributed by atoms with Crippen molar-refractivity contribution in [3.05, 3.63) is 35.9 Å². The van der Waals surface area contributed by atoms with Crippen molar-refractivity contribution in [1.29, 1.82) is 0 Å². The number of nitrogens with one attached hydrogen (secondary N) is 1. The van der Waals surface area contributed by atoms with Gasteiger partial charge in [0.15, 0.2) is 5.11 Å². The Bertz CT molecular complexity index is 429. The fourth-order valence-electron chi connectivity index (χ4n) is 1.17. The fourth-order valence-corrected chi connectivity index (χ4v) is 1.29. The predicted molar refractivity (Wildman–Crippen MR) is 69.7 cm³/mol. The number of carbonyl (C=O) groups is 1. The van der Waals surface area contributed by atoms with E-state index in [0.29, 0.717) is 0 Å². The number of amides is 1. The molecule has 1 rings (SSSR count). The zero-order valence-electron chi connectivity index (χ0n) is 8.64. The molecule has 0 spiro atoms. The molecule has 0 aliphatic heterocycles. The third kappa shape index (κ3) is 4.56. The van der Waals surface area contributed by atoms with E-state index in [4.69, 9.17) is 23.7 Å². The Balaban J connectivity index is 2.70. The van der Waals surface area contributed by atoms with E-state index in [0.717, 1.165) is 11.3 Å². The van der Waals surface area contributed by atoms with E-state index in [9.17, 15) is 4.79 Å². The number of anilines is 1. The number of carbonyl (C=O) groups excluding carboxylic acids is 1. The summed E-state index contributed by atoms with van der Waals surface area (Å²) < 4.78 is 0. The minimum Gasteiger partial charge on any atom is -0.376 e. The number of hydrogen-bond acceptors (Lipinski definition) is 2. The largest absolute Gasteiger partial charge is 0.376 e. The second-order valence-corrected chi connectivity index (χ2v) is 3.63. The molecule has 0 heterocycles. The van der Waals surface area contributed by atoms with Gasteiger partial charge in [-0.05, 0) is 29.9 Å². The minimum atomic E-state index is -0.353. The van der Waals surface area contributed by atoms with E-state index in [1.54, 1.807) is 6.08 Å². The molecule has 1 aromatic rings. The molecule has 5 N–H and O–H groups in total. The molecule has 0 aliphatic carbocycles. The lowest BCUT2D eigenvalue weighted by atomic mass is 10.2. The summed E-state index contributed by atoms with van der Waals surface area (Å²) in [5, 5.41) is 3.05. The lowest BCUT2D eigenvalue weighted by Gasteiger charge is -2.03. The summed E-state index contributed by atoms with van der Waals surface area (Å²) >= 11 is 4.73. The Hall–Kier alpha value is -1.88. The molecule has 4 nitrogen and oxygen atoms in total. The van der Waals surface area contributed by atoms with Gasteiger partial charge in [-0.3, -0.25) is 4.79 Å². The monoisotopic (exact) mass is 235 g/mol. The second kappa shape index (κ2) is 5.87. The standard InChI is InChI=1S/C11H13N3OS/c12-10(15)6-2-4-8-3-1-5-9(7-8)14-11(13)16/h1-5,7H,6H2,(H2,12,15)(H3,13,14,16). The van der Waals surface area contributed by atoms with Crippen molar-refractivity contribution in [3.8, 4) is 0 Å². The normalized spacial score (nSPS) is 10.2. The first-order valence-corrected chi connectivity index (χ1v) is 5.10. The zero-order chi connectivity index (χ0) is 12.0. The molecule has 0 aromatic heterocycles. The minimum absolute atomic E-state index is 0.221. The van der Waals surface area contributed by atoms with Gasteiger partial charge in [0, 0.05) is 12.1 Å². The van der Waals surface area contributed by atoms with Gasteiger partial charge in [-0.1, -0.05) is 24.3 Å². The van der Waals surface area contributed by atoms with Gasteiger partial charge >= 0.3 is 0 Å². The number of hydrogen-bond donors (Lipinski definition) is 3. The molecule has 0 radical (unpaired) electrons. The quantitative estimate of drug-likeness (QED) is 0.686. The van der Waals surface area contributed by atoms with Crippen LogP contribution in [0, 0.1) is 0 Å². The van der Waals surface area contributed by atoms with Crippen LogP contribution in [0.1, 0.15) is 12.0 Å². The second-order valence-electron chi connectivity index (χ2n) is 3.19. The van der Waals surface area contributed by atoms with Gasteiger partial charge in [0.1, 0.15) is 0 Å². The molecular weight excluding hydrogens is 222 g/mol. The first-order chi connectivity index (χ1) is 7.58. The molecule has 0 aliphatic rings. The summed E-state index contributed by atoms with van der Waals surface area (Å²) in [7, 11) is 0. The van der Waals surface area contributed by atoms with Crippen LogP contribution in [0.2, 0.25) is 0 Å². The molecule has 0 saturated heterocycles. The van der Waals surface area contributed by atoms with Crippen molar-refractivity contribution in [1.82, 2.24) is 0 Å². The first-order valence-electron chi connectivity index (χ1n) is 4.69. The van der Waals surface area contributed by atoms with Crippen molar-refractivity contribution in [3.63, 3.8) is 0 Å². The molecule has 1 amide bonds. The van der Waals surface area contributed by atoms with Gasteiger partial charge in [-0.15, -0.1) is 0 Å². The van der Waals surface area contributed by atoms with Crippen LogP contribution in [0.5, 0.6) is 0 Å². The Morgan fingerprint density at radius 2 is 2.19 bits per heavy atom. The smallest absolute Gasteiger partial charge is 0.221 e. The van der Waals surface area contributed by atoms with Gasteiger partial charge in [-0.25, -0.2) is 0 Å². The highest BCUT2D eigenvalue weighted by Gasteiger charge is 1.94. The maximum Gasteiger partial charge on any atom is 0.221 e. The van der Waals surface area contributed by atoms with Crippen LogP contribution in [0.15, 0.2) is 30.3 Å². The summed E-state index contributed by atoms with van der Waals surface area (Å²) in [5.41, 5.74) is 12.1. The Labute approximate surface area is 99.3 Å². The van der Waals surface area contributed by atoms with Gasteiger partial charge in [0.05, 0.1) is 0 Å². The number of rotatable bonds is 4. The van der Waals surface area contributed by atoms with Crippen LogP contribution in [0.3, 0.4) is 0 Å². The van der Waals surface area contributed by atoms with Crippen molar-refractivity contribution < 1.29 is 4.79 Å². The third-order valence-corrected chi connectivity index (χ3v) is 1.89. The average Bonchev–Trinajstić information content (AvgIpc) is 2.16. The molecule has 0 saturated carbocycles. The van der Waals surface area contributed by atoms with Crippen LogP contribution >= 0.6 is 12.2 Å². The molecule has 84 valence electrons. The van der Waals surface area contributed by atoms with Crippen LogP contribution in [-0.2, 0) is 4.79 Å². The summed E-state index contributed by atoms with van der Waals surface area (Å²) in [5.74, 6) is -0.353. The molecule has 0 fully saturated rings. The van der Waals surface area contributed by atoms with E-state index >= 15 is 0 Å². The van der Waals surface area contributed by atoms with Gasteiger partial charge < -0.3 is 16.8 Å². The molecule has 0 unspecified atom stereocenters. The zero-order valence-corrected chi connectivity index (χ0v) is 9.46. The summed E-state index contributed by atoms with van der Waals surface area (Å²) in [6.07, 6.45) is 3.75. The first kappa shape index (κ1) is 12.2. The van der Waals surface area contributed by atoms with Gasteiger partial charge in [-0.2, -0.15) is 0 Å². The predicted octanol–water partition coefficient (Wildman–Crippen LogP) is 1.23. The van der Waals surface area contributed by atoms with Crippen molar-refractivity contribution in [2.45, 2.75) is 6.42 Å². The third-order valence-electron chi connectivity index (χ3n) is 1.78. The Kier molecular flexibility index (Phi) is 4.47. The average molecular weight is 235 g/mol. The molecule has 1 aromatic carbocycles. The highest BCUT2D eigenvalue weighted by atomic mass is 32.1.